The van der Waals surface area contributed by atoms with E-state index in [9.17, 15) is 5.11 Å². The molecule has 0 amide bonds. The molecule has 1 N–H and O–H groups in total. The molecule has 122 valence electrons. The van der Waals surface area contributed by atoms with Crippen molar-refractivity contribution < 1.29 is 19.2 Å². The maximum atomic E-state index is 9.75. The number of benzene rings is 1. The number of ether oxygens (including phenoxy) is 1. The first-order valence-electron chi connectivity index (χ1n) is 7.73. The van der Waals surface area contributed by atoms with E-state index in [1.807, 2.05) is 52.8 Å². The first-order chi connectivity index (χ1) is 9.91. The van der Waals surface area contributed by atoms with Crippen molar-refractivity contribution in [2.24, 2.45) is 0 Å². The van der Waals surface area contributed by atoms with Crippen molar-refractivity contribution in [1.82, 2.24) is 0 Å². The molecular formula is C17H27BO4. The molecule has 2 rings (SSSR count). The number of hydrogen-bond donors (Lipinski definition) is 1. The summed E-state index contributed by atoms with van der Waals surface area (Å²) in [7, 11) is -0.368. The fourth-order valence-corrected chi connectivity index (χ4v) is 2.21. The van der Waals surface area contributed by atoms with E-state index in [1.54, 1.807) is 13.8 Å². The molecule has 0 aliphatic carbocycles. The van der Waals surface area contributed by atoms with E-state index in [2.05, 4.69) is 0 Å². The minimum absolute atomic E-state index is 0.254. The maximum absolute atomic E-state index is 9.75. The van der Waals surface area contributed by atoms with Gasteiger partial charge in [-0.2, -0.15) is 0 Å². The Hall–Kier alpha value is -1.04. The van der Waals surface area contributed by atoms with Crippen LogP contribution < -0.4 is 10.2 Å². The van der Waals surface area contributed by atoms with Crippen molar-refractivity contribution in [2.75, 3.05) is 6.61 Å². The molecule has 0 bridgehead atoms. The van der Waals surface area contributed by atoms with Crippen molar-refractivity contribution in [3.8, 4) is 5.75 Å². The zero-order valence-corrected chi connectivity index (χ0v) is 14.7. The molecule has 0 saturated carbocycles. The standard InChI is InChI=1S/C17H27BO4/c1-12-10-13(8-9-14(12)20-11-15(2,3)19)18-21-16(4,5)17(6,7)22-18/h8-10,19H,11H2,1-7H3. The Morgan fingerprint density at radius 1 is 1.14 bits per heavy atom. The van der Waals surface area contributed by atoms with Crippen LogP contribution in [0.1, 0.15) is 47.1 Å². The van der Waals surface area contributed by atoms with Gasteiger partial charge in [-0.05, 0) is 65.6 Å². The van der Waals surface area contributed by atoms with E-state index in [-0.39, 0.29) is 24.9 Å². The van der Waals surface area contributed by atoms with Gasteiger partial charge in [-0.15, -0.1) is 0 Å². The zero-order valence-electron chi connectivity index (χ0n) is 14.7. The van der Waals surface area contributed by atoms with E-state index in [0.717, 1.165) is 16.8 Å². The third kappa shape index (κ3) is 3.65. The fourth-order valence-electron chi connectivity index (χ4n) is 2.21. The molecule has 0 atom stereocenters. The predicted molar refractivity (Wildman–Crippen MR) is 88.7 cm³/mol. The Labute approximate surface area is 133 Å². The van der Waals surface area contributed by atoms with E-state index < -0.39 is 5.60 Å². The van der Waals surface area contributed by atoms with Crippen LogP contribution in [0.25, 0.3) is 0 Å². The summed E-state index contributed by atoms with van der Waals surface area (Å²) in [6.45, 7) is 13.9. The second kappa shape index (κ2) is 5.55. The summed E-state index contributed by atoms with van der Waals surface area (Å²) in [6, 6.07) is 5.87. The molecule has 1 aliphatic rings. The molecule has 0 unspecified atom stereocenters. The molecule has 1 aliphatic heterocycles. The van der Waals surface area contributed by atoms with Crippen molar-refractivity contribution in [3.63, 3.8) is 0 Å². The van der Waals surface area contributed by atoms with Gasteiger partial charge in [0.2, 0.25) is 0 Å². The van der Waals surface area contributed by atoms with Gasteiger partial charge in [0.25, 0.3) is 0 Å². The van der Waals surface area contributed by atoms with Crippen LogP contribution in [0.2, 0.25) is 0 Å². The smallest absolute Gasteiger partial charge is 0.490 e. The Kier molecular flexibility index (Phi) is 4.37. The number of aliphatic hydroxyl groups is 1. The molecule has 0 aromatic heterocycles. The van der Waals surface area contributed by atoms with Crippen molar-refractivity contribution in [2.45, 2.75) is 65.3 Å². The Morgan fingerprint density at radius 2 is 1.68 bits per heavy atom. The average Bonchev–Trinajstić information content (AvgIpc) is 2.56. The highest BCUT2D eigenvalue weighted by Crippen LogP contribution is 2.36. The lowest BCUT2D eigenvalue weighted by atomic mass is 9.78. The average molecular weight is 306 g/mol. The SMILES string of the molecule is Cc1cc(B2OC(C)(C)C(C)(C)O2)ccc1OCC(C)(C)O. The summed E-state index contributed by atoms with van der Waals surface area (Å²) in [4.78, 5) is 0. The van der Waals surface area contributed by atoms with Gasteiger partial charge in [0.1, 0.15) is 12.4 Å². The van der Waals surface area contributed by atoms with E-state index in [4.69, 9.17) is 14.0 Å². The maximum Gasteiger partial charge on any atom is 0.494 e. The van der Waals surface area contributed by atoms with Gasteiger partial charge in [0.15, 0.2) is 0 Å². The fraction of sp³-hybridized carbons (Fsp3) is 0.647. The summed E-state index contributed by atoms with van der Waals surface area (Å²) in [6.07, 6.45) is 0. The first-order valence-corrected chi connectivity index (χ1v) is 7.73. The van der Waals surface area contributed by atoms with E-state index in [1.165, 1.54) is 0 Å². The van der Waals surface area contributed by atoms with Crippen LogP contribution in [0.3, 0.4) is 0 Å². The van der Waals surface area contributed by atoms with Crippen LogP contribution in [0.5, 0.6) is 5.75 Å². The highest BCUT2D eigenvalue weighted by atomic mass is 16.7. The largest absolute Gasteiger partial charge is 0.494 e. The summed E-state index contributed by atoms with van der Waals surface area (Å²) >= 11 is 0. The van der Waals surface area contributed by atoms with Crippen LogP contribution in [0, 0.1) is 6.92 Å². The molecule has 1 fully saturated rings. The van der Waals surface area contributed by atoms with Gasteiger partial charge < -0.3 is 19.2 Å². The second-order valence-electron chi connectivity index (χ2n) is 7.71. The molecule has 4 nitrogen and oxygen atoms in total. The summed E-state index contributed by atoms with van der Waals surface area (Å²) in [5.74, 6) is 0.766. The molecule has 22 heavy (non-hydrogen) atoms. The third-order valence-corrected chi connectivity index (χ3v) is 4.31. The lowest BCUT2D eigenvalue weighted by Gasteiger charge is -2.32. The zero-order chi connectivity index (χ0) is 16.8. The van der Waals surface area contributed by atoms with Gasteiger partial charge in [0.05, 0.1) is 16.8 Å². The quantitative estimate of drug-likeness (QED) is 0.868. The van der Waals surface area contributed by atoms with Gasteiger partial charge >= 0.3 is 7.12 Å². The second-order valence-corrected chi connectivity index (χ2v) is 7.71. The number of rotatable bonds is 4. The monoisotopic (exact) mass is 306 g/mol. The molecular weight excluding hydrogens is 279 g/mol. The Balaban J connectivity index is 2.14. The normalized spacial score (nSPS) is 20.3. The van der Waals surface area contributed by atoms with Crippen LogP contribution in [0.4, 0.5) is 0 Å². The first kappa shape index (κ1) is 17.3. The topological polar surface area (TPSA) is 47.9 Å². The van der Waals surface area contributed by atoms with Gasteiger partial charge in [-0.25, -0.2) is 0 Å². The molecule has 0 spiro atoms. The number of hydrogen-bond acceptors (Lipinski definition) is 4. The third-order valence-electron chi connectivity index (χ3n) is 4.31. The van der Waals surface area contributed by atoms with Crippen LogP contribution >= 0.6 is 0 Å². The summed E-state index contributed by atoms with van der Waals surface area (Å²) < 4.78 is 17.8. The number of aryl methyl sites for hydroxylation is 1. The summed E-state index contributed by atoms with van der Waals surface area (Å²) in [5.41, 5.74) is 0.434. The Bertz CT molecular complexity index is 530. The van der Waals surface area contributed by atoms with Crippen LogP contribution in [-0.4, -0.2) is 35.6 Å². The van der Waals surface area contributed by atoms with Crippen molar-refractivity contribution in [3.05, 3.63) is 23.8 Å². The molecule has 1 heterocycles. The van der Waals surface area contributed by atoms with Crippen LogP contribution in [-0.2, 0) is 9.31 Å². The van der Waals surface area contributed by atoms with Gasteiger partial charge in [-0.1, -0.05) is 12.1 Å². The van der Waals surface area contributed by atoms with Gasteiger partial charge in [-0.3, -0.25) is 0 Å². The lowest BCUT2D eigenvalue weighted by Crippen LogP contribution is -2.41. The molecule has 0 radical (unpaired) electrons. The molecule has 5 heteroatoms. The minimum atomic E-state index is -0.850. The highest BCUT2D eigenvalue weighted by Gasteiger charge is 2.51. The lowest BCUT2D eigenvalue weighted by molar-refractivity contribution is 0.00578. The van der Waals surface area contributed by atoms with E-state index in [0.29, 0.717) is 0 Å². The highest BCUT2D eigenvalue weighted by molar-refractivity contribution is 6.62. The molecule has 1 saturated heterocycles. The molecule has 1 aromatic carbocycles. The minimum Gasteiger partial charge on any atom is -0.490 e. The summed E-state index contributed by atoms with van der Waals surface area (Å²) in [5, 5.41) is 9.75. The van der Waals surface area contributed by atoms with E-state index >= 15 is 0 Å². The van der Waals surface area contributed by atoms with Crippen molar-refractivity contribution >= 4 is 12.6 Å². The molecule has 1 aromatic rings. The Morgan fingerprint density at radius 3 is 2.14 bits per heavy atom. The van der Waals surface area contributed by atoms with Crippen molar-refractivity contribution in [1.29, 1.82) is 0 Å². The van der Waals surface area contributed by atoms with Gasteiger partial charge in [0, 0.05) is 0 Å². The predicted octanol–water partition coefficient (Wildman–Crippen LogP) is 2.44. The van der Waals surface area contributed by atoms with Crippen LogP contribution in [0.15, 0.2) is 18.2 Å².